The number of hydrogen-bond acceptors (Lipinski definition) is 5. The maximum atomic E-state index is 11.2. The molecule has 0 aliphatic heterocycles. The van der Waals surface area contributed by atoms with Crippen molar-refractivity contribution in [3.63, 3.8) is 0 Å². The lowest BCUT2D eigenvalue weighted by atomic mass is 10.2. The van der Waals surface area contributed by atoms with E-state index >= 15 is 0 Å². The Balaban J connectivity index is 3.27. The number of carboxylic acid groups (broad SMARTS) is 1. The minimum absolute atomic E-state index is 0.0137. The van der Waals surface area contributed by atoms with Gasteiger partial charge in [-0.3, -0.25) is 4.79 Å². The van der Waals surface area contributed by atoms with E-state index in [4.69, 9.17) is 19.3 Å². The lowest BCUT2D eigenvalue weighted by Gasteiger charge is -2.19. The molecule has 0 spiro atoms. The predicted octanol–water partition coefficient (Wildman–Crippen LogP) is 1.02. The minimum Gasteiger partial charge on any atom is -0.481 e. The van der Waals surface area contributed by atoms with E-state index < -0.39 is 17.7 Å². The monoisotopic (exact) mass is 277 g/mol. The quantitative estimate of drug-likeness (QED) is 0.611. The van der Waals surface area contributed by atoms with Crippen LogP contribution >= 0.6 is 0 Å². The molecule has 0 unspecified atom stereocenters. The van der Waals surface area contributed by atoms with Crippen molar-refractivity contribution < 1.29 is 28.9 Å². The molecule has 2 N–H and O–H groups in total. The largest absolute Gasteiger partial charge is 0.481 e. The van der Waals surface area contributed by atoms with Gasteiger partial charge in [0.05, 0.1) is 32.8 Å². The topological polar surface area (TPSA) is 94.1 Å². The number of nitrogens with one attached hydrogen (secondary N) is 1. The van der Waals surface area contributed by atoms with E-state index in [2.05, 4.69) is 5.32 Å². The highest BCUT2D eigenvalue weighted by Gasteiger charge is 2.15. The van der Waals surface area contributed by atoms with Crippen LogP contribution in [0.15, 0.2) is 0 Å². The van der Waals surface area contributed by atoms with E-state index in [9.17, 15) is 9.59 Å². The molecule has 7 nitrogen and oxygen atoms in total. The molecule has 0 saturated carbocycles. The van der Waals surface area contributed by atoms with Gasteiger partial charge in [0.15, 0.2) is 0 Å². The summed E-state index contributed by atoms with van der Waals surface area (Å²) in [6, 6.07) is 0. The zero-order valence-electron chi connectivity index (χ0n) is 11.7. The third-order valence-electron chi connectivity index (χ3n) is 1.75. The molecule has 0 aliphatic carbocycles. The second kappa shape index (κ2) is 9.57. The molecule has 0 aromatic rings. The average molecular weight is 277 g/mol. The van der Waals surface area contributed by atoms with Crippen molar-refractivity contribution in [1.29, 1.82) is 0 Å². The number of rotatable bonds is 9. The van der Waals surface area contributed by atoms with Gasteiger partial charge >= 0.3 is 12.1 Å². The standard InChI is InChI=1S/C12H23NO6/c1-12(2,3)19-11(16)13-5-7-18-9-8-17-6-4-10(14)15/h4-9H2,1-3H3,(H,13,16)(H,14,15). The first-order chi connectivity index (χ1) is 8.81. The van der Waals surface area contributed by atoms with Gasteiger partial charge in [0, 0.05) is 6.54 Å². The van der Waals surface area contributed by atoms with Gasteiger partial charge in [-0.1, -0.05) is 0 Å². The number of carbonyl (C=O) groups is 2. The molecule has 0 radical (unpaired) electrons. The van der Waals surface area contributed by atoms with Gasteiger partial charge in [0.2, 0.25) is 0 Å². The Morgan fingerprint density at radius 3 is 2.16 bits per heavy atom. The van der Waals surface area contributed by atoms with E-state index in [1.165, 1.54) is 0 Å². The second-order valence-corrected chi connectivity index (χ2v) is 4.80. The molecule has 1 amide bonds. The minimum atomic E-state index is -0.887. The smallest absolute Gasteiger partial charge is 0.407 e. The van der Waals surface area contributed by atoms with Gasteiger partial charge in [0.25, 0.3) is 0 Å². The molecule has 0 atom stereocenters. The van der Waals surface area contributed by atoms with Crippen LogP contribution in [-0.2, 0) is 19.0 Å². The van der Waals surface area contributed by atoms with Gasteiger partial charge in [-0.2, -0.15) is 0 Å². The summed E-state index contributed by atoms with van der Waals surface area (Å²) >= 11 is 0. The fraction of sp³-hybridized carbons (Fsp3) is 0.833. The second-order valence-electron chi connectivity index (χ2n) is 4.80. The normalized spacial score (nSPS) is 11.1. The van der Waals surface area contributed by atoms with Crippen LogP contribution in [0.3, 0.4) is 0 Å². The van der Waals surface area contributed by atoms with Crippen LogP contribution in [0.5, 0.6) is 0 Å². The Kier molecular flexibility index (Phi) is 8.90. The van der Waals surface area contributed by atoms with E-state index in [0.717, 1.165) is 0 Å². The summed E-state index contributed by atoms with van der Waals surface area (Å²) in [4.78, 5) is 21.4. The zero-order valence-corrected chi connectivity index (χ0v) is 11.7. The molecule has 0 aromatic heterocycles. The SMILES string of the molecule is CC(C)(C)OC(=O)NCCOCCOCCC(=O)O. The van der Waals surface area contributed by atoms with Crippen molar-refractivity contribution in [1.82, 2.24) is 5.32 Å². The van der Waals surface area contributed by atoms with Crippen molar-refractivity contribution in [2.75, 3.05) is 33.0 Å². The number of amides is 1. The lowest BCUT2D eigenvalue weighted by Crippen LogP contribution is -2.34. The van der Waals surface area contributed by atoms with Gasteiger partial charge in [-0.15, -0.1) is 0 Å². The third-order valence-corrected chi connectivity index (χ3v) is 1.75. The third kappa shape index (κ3) is 14.6. The molecule has 0 fully saturated rings. The molecule has 19 heavy (non-hydrogen) atoms. The maximum absolute atomic E-state index is 11.2. The summed E-state index contributed by atoms with van der Waals surface area (Å²) in [5.41, 5.74) is -0.511. The van der Waals surface area contributed by atoms with Gasteiger partial charge in [-0.05, 0) is 20.8 Å². The number of ether oxygens (including phenoxy) is 3. The van der Waals surface area contributed by atoms with Crippen molar-refractivity contribution in [3.05, 3.63) is 0 Å². The summed E-state index contributed by atoms with van der Waals surface area (Å²) < 4.78 is 15.2. The van der Waals surface area contributed by atoms with E-state index in [1.807, 2.05) is 0 Å². The first-order valence-electron chi connectivity index (χ1n) is 6.15. The maximum Gasteiger partial charge on any atom is 0.407 e. The highest BCUT2D eigenvalue weighted by Crippen LogP contribution is 2.05. The summed E-state index contributed by atoms with van der Waals surface area (Å²) in [6.45, 7) is 6.93. The number of alkyl carbamates (subject to hydrolysis) is 1. The van der Waals surface area contributed by atoms with Crippen molar-refractivity contribution >= 4 is 12.1 Å². The first kappa shape index (κ1) is 17.7. The van der Waals surface area contributed by atoms with Crippen LogP contribution in [0.25, 0.3) is 0 Å². The average Bonchev–Trinajstić information content (AvgIpc) is 2.24. The highest BCUT2D eigenvalue weighted by molar-refractivity contribution is 5.67. The first-order valence-corrected chi connectivity index (χ1v) is 6.15. The number of hydrogen-bond donors (Lipinski definition) is 2. The molecule has 0 saturated heterocycles. The summed E-state index contributed by atoms with van der Waals surface area (Å²) in [6.07, 6.45) is -0.492. The van der Waals surface area contributed by atoms with Crippen LogP contribution in [0, 0.1) is 0 Å². The fourth-order valence-corrected chi connectivity index (χ4v) is 1.02. The van der Waals surface area contributed by atoms with Crippen molar-refractivity contribution in [2.45, 2.75) is 32.8 Å². The van der Waals surface area contributed by atoms with E-state index in [-0.39, 0.29) is 13.0 Å². The van der Waals surface area contributed by atoms with Crippen molar-refractivity contribution in [2.24, 2.45) is 0 Å². The Morgan fingerprint density at radius 1 is 1.05 bits per heavy atom. The molecule has 112 valence electrons. The molecule has 0 heterocycles. The number of carbonyl (C=O) groups excluding carboxylic acids is 1. The molecular weight excluding hydrogens is 254 g/mol. The van der Waals surface area contributed by atoms with E-state index in [0.29, 0.717) is 26.4 Å². The Bertz CT molecular complexity index is 274. The molecule has 0 aliphatic rings. The Hall–Kier alpha value is -1.34. The summed E-state index contributed by atoms with van der Waals surface area (Å²) in [7, 11) is 0. The lowest BCUT2D eigenvalue weighted by molar-refractivity contribution is -0.138. The van der Waals surface area contributed by atoms with Crippen LogP contribution in [-0.4, -0.2) is 55.7 Å². The fourth-order valence-electron chi connectivity index (χ4n) is 1.02. The van der Waals surface area contributed by atoms with Crippen LogP contribution in [0.4, 0.5) is 4.79 Å². The van der Waals surface area contributed by atoms with Crippen molar-refractivity contribution in [3.8, 4) is 0 Å². The van der Waals surface area contributed by atoms with Crippen LogP contribution in [0.1, 0.15) is 27.2 Å². The van der Waals surface area contributed by atoms with Gasteiger partial charge < -0.3 is 24.6 Å². The predicted molar refractivity (Wildman–Crippen MR) is 68.1 cm³/mol. The molecular formula is C12H23NO6. The zero-order chi connectivity index (χ0) is 14.7. The van der Waals surface area contributed by atoms with Crippen LogP contribution < -0.4 is 5.32 Å². The summed E-state index contributed by atoms with van der Waals surface area (Å²) in [5, 5.41) is 10.9. The molecule has 0 bridgehead atoms. The summed E-state index contributed by atoms with van der Waals surface area (Å²) in [5.74, 6) is -0.887. The van der Waals surface area contributed by atoms with Crippen LogP contribution in [0.2, 0.25) is 0 Å². The molecule has 0 rings (SSSR count). The molecule has 0 aromatic carbocycles. The Labute approximate surface area is 113 Å². The molecule has 7 heteroatoms. The number of aliphatic carboxylic acids is 1. The van der Waals surface area contributed by atoms with Gasteiger partial charge in [0.1, 0.15) is 5.60 Å². The Morgan fingerprint density at radius 2 is 1.63 bits per heavy atom. The highest BCUT2D eigenvalue weighted by atomic mass is 16.6. The van der Waals surface area contributed by atoms with E-state index in [1.54, 1.807) is 20.8 Å². The van der Waals surface area contributed by atoms with Gasteiger partial charge in [-0.25, -0.2) is 4.79 Å². The number of carboxylic acids is 1.